The van der Waals surface area contributed by atoms with Crippen LogP contribution in [-0.2, 0) is 0 Å². The summed E-state index contributed by atoms with van der Waals surface area (Å²) in [6, 6.07) is 0.843. The topological polar surface area (TPSA) is 3.24 Å². The second-order valence-corrected chi connectivity index (χ2v) is 11.3. The van der Waals surface area contributed by atoms with Gasteiger partial charge in [-0.25, -0.2) is 0 Å². The fourth-order valence-corrected chi connectivity index (χ4v) is 5.80. The van der Waals surface area contributed by atoms with E-state index in [1.54, 1.807) is 19.3 Å². The average molecular weight is 450 g/mol. The summed E-state index contributed by atoms with van der Waals surface area (Å²) in [5, 5.41) is 0. The molecule has 0 aromatic carbocycles. The van der Waals surface area contributed by atoms with Gasteiger partial charge in [-0.2, -0.15) is 0 Å². The summed E-state index contributed by atoms with van der Waals surface area (Å²) >= 11 is 0. The zero-order valence-electron chi connectivity index (χ0n) is 23.1. The standard InChI is InChI=1S/C31H63N/c1-5-8-10-12-15-19-23-29-28-30(29)24-20-16-14-18-22-26-31(32(4)27-7-3)25-21-17-13-11-9-6-2/h29-31H,5-28H2,1-4H3. The number of nitrogens with zero attached hydrogens (tertiary/aromatic N) is 1. The quantitative estimate of drug-likeness (QED) is 0.125. The van der Waals surface area contributed by atoms with Crippen molar-refractivity contribution in [2.24, 2.45) is 11.8 Å². The highest BCUT2D eigenvalue weighted by molar-refractivity contribution is 4.85. The maximum atomic E-state index is 2.67. The molecule has 0 bridgehead atoms. The van der Waals surface area contributed by atoms with Crippen molar-refractivity contribution in [2.45, 2.75) is 174 Å². The smallest absolute Gasteiger partial charge is 0.00922 e. The summed E-state index contributed by atoms with van der Waals surface area (Å²) in [4.78, 5) is 2.67. The lowest BCUT2D eigenvalue weighted by Gasteiger charge is -2.28. The first-order chi connectivity index (χ1) is 15.7. The van der Waals surface area contributed by atoms with Gasteiger partial charge in [-0.15, -0.1) is 0 Å². The summed E-state index contributed by atoms with van der Waals surface area (Å²) in [5.41, 5.74) is 0. The molecule has 3 atom stereocenters. The Labute approximate surface area is 204 Å². The Morgan fingerprint density at radius 2 is 0.938 bits per heavy atom. The SMILES string of the molecule is CCCCCCCCC1CC1CCCCCCCC(CCCCCCCC)N(C)CCC. The van der Waals surface area contributed by atoms with Gasteiger partial charge in [0, 0.05) is 6.04 Å². The molecule has 3 unspecified atom stereocenters. The fraction of sp³-hybridized carbons (Fsp3) is 1.00. The molecule has 1 rings (SSSR count). The van der Waals surface area contributed by atoms with E-state index >= 15 is 0 Å². The van der Waals surface area contributed by atoms with Gasteiger partial charge < -0.3 is 4.90 Å². The lowest BCUT2D eigenvalue weighted by Crippen LogP contribution is -2.32. The van der Waals surface area contributed by atoms with E-state index < -0.39 is 0 Å². The van der Waals surface area contributed by atoms with E-state index in [0.717, 1.165) is 17.9 Å². The van der Waals surface area contributed by atoms with Crippen LogP contribution in [0.4, 0.5) is 0 Å². The third-order valence-corrected chi connectivity index (χ3v) is 8.20. The maximum absolute atomic E-state index is 2.67. The molecule has 0 saturated heterocycles. The summed E-state index contributed by atoms with van der Waals surface area (Å²) in [7, 11) is 2.38. The Bertz CT molecular complexity index is 379. The van der Waals surface area contributed by atoms with Crippen LogP contribution in [-0.4, -0.2) is 24.5 Å². The van der Waals surface area contributed by atoms with Crippen LogP contribution in [0.15, 0.2) is 0 Å². The molecule has 0 aromatic rings. The van der Waals surface area contributed by atoms with Gasteiger partial charge in [-0.3, -0.25) is 0 Å². The number of unbranched alkanes of at least 4 members (excludes halogenated alkanes) is 14. The van der Waals surface area contributed by atoms with Gasteiger partial charge in [0.15, 0.2) is 0 Å². The van der Waals surface area contributed by atoms with Crippen molar-refractivity contribution in [3.63, 3.8) is 0 Å². The highest BCUT2D eigenvalue weighted by Gasteiger charge is 2.34. The molecule has 0 aromatic heterocycles. The van der Waals surface area contributed by atoms with Crippen LogP contribution in [0.25, 0.3) is 0 Å². The fourth-order valence-electron chi connectivity index (χ4n) is 5.80. The zero-order chi connectivity index (χ0) is 23.3. The molecule has 0 N–H and O–H groups in total. The van der Waals surface area contributed by atoms with Crippen LogP contribution in [0.5, 0.6) is 0 Å². The van der Waals surface area contributed by atoms with Gasteiger partial charge in [0.25, 0.3) is 0 Å². The van der Waals surface area contributed by atoms with E-state index in [2.05, 4.69) is 32.7 Å². The van der Waals surface area contributed by atoms with Crippen LogP contribution in [0.3, 0.4) is 0 Å². The van der Waals surface area contributed by atoms with E-state index in [4.69, 9.17) is 0 Å². The molecule has 1 fully saturated rings. The third-order valence-electron chi connectivity index (χ3n) is 8.20. The highest BCUT2D eigenvalue weighted by atomic mass is 15.1. The molecular formula is C31H63N. The van der Waals surface area contributed by atoms with E-state index in [0.29, 0.717) is 0 Å². The molecule has 0 amide bonds. The first-order valence-electron chi connectivity index (χ1n) is 15.4. The first kappa shape index (κ1) is 30.0. The summed E-state index contributed by atoms with van der Waals surface area (Å²) in [6.07, 6.45) is 33.6. The van der Waals surface area contributed by atoms with Gasteiger partial charge in [-0.1, -0.05) is 143 Å². The minimum absolute atomic E-state index is 0.843. The van der Waals surface area contributed by atoms with Crippen LogP contribution < -0.4 is 0 Å². The predicted molar refractivity (Wildman–Crippen MR) is 147 cm³/mol. The second kappa shape index (κ2) is 21.5. The minimum Gasteiger partial charge on any atom is -0.303 e. The molecule has 1 heteroatoms. The van der Waals surface area contributed by atoms with E-state index in [9.17, 15) is 0 Å². The Morgan fingerprint density at radius 3 is 1.38 bits per heavy atom. The Kier molecular flexibility index (Phi) is 20.1. The van der Waals surface area contributed by atoms with Crippen molar-refractivity contribution in [3.05, 3.63) is 0 Å². The minimum atomic E-state index is 0.843. The van der Waals surface area contributed by atoms with Gasteiger partial charge >= 0.3 is 0 Å². The molecule has 192 valence electrons. The lowest BCUT2D eigenvalue weighted by molar-refractivity contribution is 0.210. The Morgan fingerprint density at radius 1 is 0.531 bits per heavy atom. The number of hydrogen-bond acceptors (Lipinski definition) is 1. The largest absolute Gasteiger partial charge is 0.303 e. The van der Waals surface area contributed by atoms with E-state index in [1.807, 2.05) is 0 Å². The molecule has 0 aliphatic heterocycles. The third kappa shape index (κ3) is 16.6. The molecule has 32 heavy (non-hydrogen) atoms. The molecular weight excluding hydrogens is 386 g/mol. The van der Waals surface area contributed by atoms with Crippen molar-refractivity contribution in [3.8, 4) is 0 Å². The van der Waals surface area contributed by atoms with Crippen molar-refractivity contribution in [2.75, 3.05) is 13.6 Å². The Balaban J connectivity index is 1.97. The van der Waals surface area contributed by atoms with Crippen molar-refractivity contribution in [1.29, 1.82) is 0 Å². The molecule has 0 radical (unpaired) electrons. The number of rotatable bonds is 25. The maximum Gasteiger partial charge on any atom is 0.00922 e. The molecule has 1 aliphatic carbocycles. The highest BCUT2D eigenvalue weighted by Crippen LogP contribution is 2.45. The van der Waals surface area contributed by atoms with Gasteiger partial charge in [-0.05, 0) is 51.1 Å². The molecule has 1 saturated carbocycles. The van der Waals surface area contributed by atoms with Gasteiger partial charge in [0.1, 0.15) is 0 Å². The monoisotopic (exact) mass is 449 g/mol. The van der Waals surface area contributed by atoms with Gasteiger partial charge in [0.2, 0.25) is 0 Å². The summed E-state index contributed by atoms with van der Waals surface area (Å²) in [5.74, 6) is 2.24. The Hall–Kier alpha value is -0.0400. The van der Waals surface area contributed by atoms with E-state index in [1.165, 1.54) is 135 Å². The van der Waals surface area contributed by atoms with Crippen LogP contribution >= 0.6 is 0 Å². The lowest BCUT2D eigenvalue weighted by atomic mass is 9.98. The molecule has 1 nitrogen and oxygen atoms in total. The average Bonchev–Trinajstić information content (AvgIpc) is 3.54. The number of hydrogen-bond donors (Lipinski definition) is 0. The normalized spacial score (nSPS) is 19.0. The summed E-state index contributed by atoms with van der Waals surface area (Å²) in [6.45, 7) is 8.24. The first-order valence-corrected chi connectivity index (χ1v) is 15.4. The second-order valence-electron chi connectivity index (χ2n) is 11.3. The van der Waals surface area contributed by atoms with Crippen molar-refractivity contribution < 1.29 is 0 Å². The predicted octanol–water partition coefficient (Wildman–Crippen LogP) is 10.6. The molecule has 0 heterocycles. The summed E-state index contributed by atoms with van der Waals surface area (Å²) < 4.78 is 0. The van der Waals surface area contributed by atoms with Crippen LogP contribution in [0, 0.1) is 11.8 Å². The zero-order valence-corrected chi connectivity index (χ0v) is 23.1. The molecule has 1 aliphatic rings. The van der Waals surface area contributed by atoms with Crippen molar-refractivity contribution in [1.82, 2.24) is 4.90 Å². The van der Waals surface area contributed by atoms with E-state index in [-0.39, 0.29) is 0 Å². The van der Waals surface area contributed by atoms with Gasteiger partial charge in [0.05, 0.1) is 0 Å². The van der Waals surface area contributed by atoms with Crippen LogP contribution in [0.2, 0.25) is 0 Å². The molecule has 0 spiro atoms. The van der Waals surface area contributed by atoms with Crippen molar-refractivity contribution >= 4 is 0 Å². The van der Waals surface area contributed by atoms with Crippen LogP contribution in [0.1, 0.15) is 168 Å².